The molecule has 0 N–H and O–H groups in total. The lowest BCUT2D eigenvalue weighted by Crippen LogP contribution is -2.44. The van der Waals surface area contributed by atoms with Crippen LogP contribution in [0.5, 0.6) is 0 Å². The van der Waals surface area contributed by atoms with Crippen molar-refractivity contribution in [1.29, 1.82) is 0 Å². The van der Waals surface area contributed by atoms with Crippen LogP contribution in [0.25, 0.3) is 0 Å². The number of imide groups is 1. The predicted molar refractivity (Wildman–Crippen MR) is 103 cm³/mol. The molecule has 3 aliphatic rings. The summed E-state index contributed by atoms with van der Waals surface area (Å²) in [5.41, 5.74) is 3.69. The molecule has 3 heterocycles. The zero-order chi connectivity index (χ0) is 19.6. The van der Waals surface area contributed by atoms with Crippen molar-refractivity contribution in [2.45, 2.75) is 32.4 Å². The molecule has 3 atom stereocenters. The number of hydrazine groups is 1. The van der Waals surface area contributed by atoms with Crippen molar-refractivity contribution >= 4 is 17.5 Å². The van der Waals surface area contributed by atoms with Gasteiger partial charge < -0.3 is 0 Å². The van der Waals surface area contributed by atoms with Gasteiger partial charge in [-0.2, -0.15) is 0 Å². The third kappa shape index (κ3) is 2.38. The fourth-order valence-corrected chi connectivity index (χ4v) is 4.89. The average Bonchev–Trinajstić information content (AvgIpc) is 3.31. The highest BCUT2D eigenvalue weighted by Crippen LogP contribution is 2.48. The molecule has 3 fully saturated rings. The molecule has 0 unspecified atom stereocenters. The van der Waals surface area contributed by atoms with Crippen molar-refractivity contribution in [2.75, 3.05) is 18.0 Å². The number of amides is 2. The second-order valence-electron chi connectivity index (χ2n) is 7.93. The Labute approximate surface area is 163 Å². The van der Waals surface area contributed by atoms with E-state index in [1.807, 2.05) is 32.0 Å². The minimum absolute atomic E-state index is 0.158. The number of fused-ring (bicyclic) bond motifs is 3. The third-order valence-corrected chi connectivity index (χ3v) is 6.37. The van der Waals surface area contributed by atoms with Crippen LogP contribution < -0.4 is 4.90 Å². The first-order valence-corrected chi connectivity index (χ1v) is 9.71. The summed E-state index contributed by atoms with van der Waals surface area (Å²) in [6, 6.07) is 11.3. The molecule has 28 heavy (non-hydrogen) atoms. The van der Waals surface area contributed by atoms with Crippen molar-refractivity contribution in [2.24, 2.45) is 5.92 Å². The predicted octanol–water partition coefficient (Wildman–Crippen LogP) is 2.98. The summed E-state index contributed by atoms with van der Waals surface area (Å²) >= 11 is 0. The van der Waals surface area contributed by atoms with Gasteiger partial charge in [-0.15, -0.1) is 0 Å². The van der Waals surface area contributed by atoms with E-state index in [-0.39, 0.29) is 23.7 Å². The molecule has 0 aliphatic carbocycles. The van der Waals surface area contributed by atoms with Crippen LogP contribution >= 0.6 is 0 Å². The highest BCUT2D eigenvalue weighted by Gasteiger charge is 2.62. The summed E-state index contributed by atoms with van der Waals surface area (Å²) in [6.45, 7) is 5.56. The zero-order valence-electron chi connectivity index (χ0n) is 15.9. The Hall–Kier alpha value is -2.57. The second kappa shape index (κ2) is 6.22. The van der Waals surface area contributed by atoms with Crippen molar-refractivity contribution in [1.82, 2.24) is 10.0 Å². The maximum atomic E-state index is 13.5. The van der Waals surface area contributed by atoms with E-state index in [2.05, 4.69) is 10.0 Å². The van der Waals surface area contributed by atoms with Crippen molar-refractivity contribution in [3.8, 4) is 0 Å². The van der Waals surface area contributed by atoms with Gasteiger partial charge in [0.15, 0.2) is 0 Å². The van der Waals surface area contributed by atoms with E-state index in [1.165, 1.54) is 17.0 Å². The Morgan fingerprint density at radius 1 is 0.857 bits per heavy atom. The summed E-state index contributed by atoms with van der Waals surface area (Å²) in [5, 5.41) is 4.19. The van der Waals surface area contributed by atoms with Crippen LogP contribution in [-0.2, 0) is 9.59 Å². The van der Waals surface area contributed by atoms with Crippen LogP contribution in [0.1, 0.15) is 29.2 Å². The minimum Gasteiger partial charge on any atom is -0.274 e. The number of hydrogen-bond acceptors (Lipinski definition) is 4. The van der Waals surface area contributed by atoms with Crippen molar-refractivity contribution in [3.05, 3.63) is 65.0 Å². The van der Waals surface area contributed by atoms with Crippen LogP contribution in [0.3, 0.4) is 0 Å². The van der Waals surface area contributed by atoms with Crippen LogP contribution in [0.15, 0.2) is 42.5 Å². The first-order chi connectivity index (χ1) is 13.5. The molecule has 0 spiro atoms. The lowest BCUT2D eigenvalue weighted by atomic mass is 9.90. The number of anilines is 1. The molecule has 144 valence electrons. The highest BCUT2D eigenvalue weighted by atomic mass is 19.1. The smallest absolute Gasteiger partial charge is 0.253 e. The van der Waals surface area contributed by atoms with Gasteiger partial charge in [0.25, 0.3) is 5.91 Å². The Kier molecular flexibility index (Phi) is 3.89. The molecule has 0 aromatic heterocycles. The number of aryl methyl sites for hydroxylation is 2. The number of carbonyl (C=O) groups is 2. The molecule has 0 saturated carbocycles. The average molecular weight is 379 g/mol. The molecule has 0 bridgehead atoms. The Balaban J connectivity index is 1.58. The number of carbonyl (C=O) groups excluding carboxylic acids is 2. The fraction of sp³-hybridized carbons (Fsp3) is 0.364. The topological polar surface area (TPSA) is 43.9 Å². The zero-order valence-corrected chi connectivity index (χ0v) is 15.9. The van der Waals surface area contributed by atoms with E-state index >= 15 is 0 Å². The van der Waals surface area contributed by atoms with Crippen LogP contribution in [0.2, 0.25) is 0 Å². The van der Waals surface area contributed by atoms with Crippen LogP contribution in [0.4, 0.5) is 10.1 Å². The Morgan fingerprint density at radius 3 is 2.21 bits per heavy atom. The van der Waals surface area contributed by atoms with Gasteiger partial charge in [-0.25, -0.2) is 19.3 Å². The van der Waals surface area contributed by atoms with E-state index in [0.29, 0.717) is 5.69 Å². The molecule has 2 aromatic carbocycles. The monoisotopic (exact) mass is 379 g/mol. The number of hydrogen-bond donors (Lipinski definition) is 0. The second-order valence-corrected chi connectivity index (χ2v) is 7.93. The van der Waals surface area contributed by atoms with E-state index in [9.17, 15) is 14.0 Å². The summed E-state index contributed by atoms with van der Waals surface area (Å²) in [7, 11) is 0. The van der Waals surface area contributed by atoms with E-state index < -0.39 is 12.0 Å². The van der Waals surface area contributed by atoms with E-state index in [4.69, 9.17) is 0 Å². The van der Waals surface area contributed by atoms with Crippen LogP contribution in [-0.4, -0.2) is 41.0 Å². The molecule has 5 rings (SSSR count). The normalized spacial score (nSPS) is 27.5. The Bertz CT molecular complexity index is 974. The van der Waals surface area contributed by atoms with Gasteiger partial charge >= 0.3 is 0 Å². The standard InChI is InChI=1S/C22H22FN3O2/c1-13-4-9-17(12-14(13)2)26-21(27)18-19(15-5-7-16(23)8-6-15)24-10-3-11-25(24)20(18)22(26)28/h4-9,12,18-20H,3,10-11H2,1-2H3/t18-,19-,20+/m0/s1. The number of nitrogens with zero attached hydrogens (tertiary/aromatic N) is 3. The summed E-state index contributed by atoms with van der Waals surface area (Å²) in [6.07, 6.45) is 0.950. The largest absolute Gasteiger partial charge is 0.274 e. The molecule has 3 aliphatic heterocycles. The molecule has 3 saturated heterocycles. The van der Waals surface area contributed by atoms with Gasteiger partial charge in [-0.05, 0) is 61.2 Å². The molecule has 5 nitrogen and oxygen atoms in total. The molecule has 6 heteroatoms. The van der Waals surface area contributed by atoms with Gasteiger partial charge in [0.2, 0.25) is 5.91 Å². The summed E-state index contributed by atoms with van der Waals surface area (Å²) in [5.74, 6) is -1.10. The quantitative estimate of drug-likeness (QED) is 0.753. The first kappa shape index (κ1) is 17.5. The molecule has 2 amide bonds. The van der Waals surface area contributed by atoms with Gasteiger partial charge in [0.1, 0.15) is 11.9 Å². The van der Waals surface area contributed by atoms with Crippen molar-refractivity contribution < 1.29 is 14.0 Å². The molecule has 2 aromatic rings. The molecule has 0 radical (unpaired) electrons. The number of benzene rings is 2. The SMILES string of the molecule is Cc1ccc(N2C(=O)[C@@H]3[C@H](C2=O)N2CCCN2[C@H]3c2ccc(F)cc2)cc1C. The van der Waals surface area contributed by atoms with E-state index in [1.54, 1.807) is 12.1 Å². The van der Waals surface area contributed by atoms with E-state index in [0.717, 1.165) is 36.2 Å². The van der Waals surface area contributed by atoms with Gasteiger partial charge in [-0.1, -0.05) is 18.2 Å². The third-order valence-electron chi connectivity index (χ3n) is 6.37. The van der Waals surface area contributed by atoms with Gasteiger partial charge in [-0.3, -0.25) is 9.59 Å². The van der Waals surface area contributed by atoms with Gasteiger partial charge in [0.05, 0.1) is 17.6 Å². The van der Waals surface area contributed by atoms with Crippen molar-refractivity contribution in [3.63, 3.8) is 0 Å². The lowest BCUT2D eigenvalue weighted by molar-refractivity contribution is -0.126. The minimum atomic E-state index is -0.480. The Morgan fingerprint density at radius 2 is 1.54 bits per heavy atom. The molecular weight excluding hydrogens is 357 g/mol. The molecular formula is C22H22FN3O2. The highest BCUT2D eigenvalue weighted by molar-refractivity contribution is 6.24. The number of halogens is 1. The first-order valence-electron chi connectivity index (χ1n) is 9.71. The summed E-state index contributed by atoms with van der Waals surface area (Å²) in [4.78, 5) is 28.2. The summed E-state index contributed by atoms with van der Waals surface area (Å²) < 4.78 is 13.4. The lowest BCUT2D eigenvalue weighted by Gasteiger charge is -2.29. The maximum absolute atomic E-state index is 13.5. The maximum Gasteiger partial charge on any atom is 0.253 e. The van der Waals surface area contributed by atoms with Gasteiger partial charge in [0, 0.05) is 13.1 Å². The number of rotatable bonds is 2. The fourth-order valence-electron chi connectivity index (χ4n) is 4.89. The van der Waals surface area contributed by atoms with Crippen LogP contribution in [0, 0.1) is 25.6 Å².